The maximum Gasteiger partial charge on any atom is 0.306 e. The molecule has 0 fully saturated rings. The van der Waals surface area contributed by atoms with Gasteiger partial charge in [-0.1, -0.05) is 43.2 Å². The van der Waals surface area contributed by atoms with Crippen molar-refractivity contribution in [2.75, 3.05) is 6.61 Å². The molecule has 17 heavy (non-hydrogen) atoms. The fourth-order valence-corrected chi connectivity index (χ4v) is 1.12. The summed E-state index contributed by atoms with van der Waals surface area (Å²) in [7, 11) is 0. The molecule has 96 valence electrons. The highest BCUT2D eigenvalue weighted by Gasteiger charge is 2.04. The largest absolute Gasteiger partial charge is 0.461 e. The molecule has 0 heterocycles. The Bertz CT molecular complexity index is 316. The smallest absolute Gasteiger partial charge is 0.306 e. The highest BCUT2D eigenvalue weighted by atomic mass is 16.5. The maximum atomic E-state index is 11.3. The number of hydrogen-bond donors (Lipinski definition) is 0. The van der Waals surface area contributed by atoms with Gasteiger partial charge in [0.15, 0.2) is 0 Å². The molecule has 0 N–H and O–H groups in total. The van der Waals surface area contributed by atoms with Gasteiger partial charge < -0.3 is 4.74 Å². The molecule has 0 unspecified atom stereocenters. The molecule has 0 spiro atoms. The second kappa shape index (κ2) is 8.80. The summed E-state index contributed by atoms with van der Waals surface area (Å²) in [6, 6.07) is 0. The van der Waals surface area contributed by atoms with E-state index in [-0.39, 0.29) is 5.97 Å². The molecule has 0 amide bonds. The van der Waals surface area contributed by atoms with Gasteiger partial charge in [0.25, 0.3) is 0 Å². The molecule has 0 aromatic rings. The van der Waals surface area contributed by atoms with Crippen LogP contribution in [0.4, 0.5) is 0 Å². The summed E-state index contributed by atoms with van der Waals surface area (Å²) in [5.41, 5.74) is 2.36. The topological polar surface area (TPSA) is 26.3 Å². The number of allylic oxidation sites excluding steroid dienone is 5. The van der Waals surface area contributed by atoms with E-state index in [2.05, 4.69) is 13.8 Å². The third-order valence-corrected chi connectivity index (χ3v) is 2.01. The van der Waals surface area contributed by atoms with Crippen LogP contribution >= 0.6 is 0 Å². The first kappa shape index (κ1) is 15.7. The van der Waals surface area contributed by atoms with Crippen molar-refractivity contribution >= 4 is 5.97 Å². The second-order valence-electron chi connectivity index (χ2n) is 4.83. The number of esters is 1. The summed E-state index contributed by atoms with van der Waals surface area (Å²) in [5.74, 6) is 0.225. The third-order valence-electron chi connectivity index (χ3n) is 2.01. The Morgan fingerprint density at radius 1 is 1.24 bits per heavy atom. The summed E-state index contributed by atoms with van der Waals surface area (Å²) in [4.78, 5) is 11.3. The second-order valence-corrected chi connectivity index (χ2v) is 4.83. The van der Waals surface area contributed by atoms with Gasteiger partial charge in [-0.2, -0.15) is 0 Å². The van der Waals surface area contributed by atoms with E-state index in [0.717, 1.165) is 5.57 Å². The number of rotatable bonds is 6. The average molecular weight is 236 g/mol. The molecule has 0 aliphatic carbocycles. The first-order chi connectivity index (χ1) is 7.91. The van der Waals surface area contributed by atoms with E-state index in [4.69, 9.17) is 4.74 Å². The van der Waals surface area contributed by atoms with E-state index >= 15 is 0 Å². The minimum atomic E-state index is -0.127. The molecule has 0 rings (SSSR count). The Labute approximate surface area is 105 Å². The van der Waals surface area contributed by atoms with Crippen molar-refractivity contribution in [3.8, 4) is 0 Å². The van der Waals surface area contributed by atoms with Crippen LogP contribution in [0.25, 0.3) is 0 Å². The van der Waals surface area contributed by atoms with Crippen molar-refractivity contribution in [2.45, 2.75) is 41.0 Å². The number of carbonyl (C=O) groups excluding carboxylic acids is 1. The van der Waals surface area contributed by atoms with Crippen LogP contribution in [0.15, 0.2) is 35.5 Å². The van der Waals surface area contributed by atoms with Gasteiger partial charge in [0, 0.05) is 6.42 Å². The van der Waals surface area contributed by atoms with E-state index in [1.807, 2.05) is 45.1 Å². The van der Waals surface area contributed by atoms with Crippen LogP contribution < -0.4 is 0 Å². The number of hydrogen-bond acceptors (Lipinski definition) is 2. The van der Waals surface area contributed by atoms with Crippen LogP contribution in [0.2, 0.25) is 0 Å². The van der Waals surface area contributed by atoms with Gasteiger partial charge in [0.05, 0.1) is 0 Å². The normalized spacial score (nSPS) is 12.0. The van der Waals surface area contributed by atoms with Gasteiger partial charge in [-0.3, -0.25) is 4.79 Å². The number of ether oxygens (including phenoxy) is 1. The predicted molar refractivity (Wildman–Crippen MR) is 72.7 cm³/mol. The molecule has 0 saturated heterocycles. The Hall–Kier alpha value is -1.31. The van der Waals surface area contributed by atoms with Crippen LogP contribution in [0, 0.1) is 5.92 Å². The molecule has 0 radical (unpaired) electrons. The minimum absolute atomic E-state index is 0.127. The van der Waals surface area contributed by atoms with E-state index < -0.39 is 0 Å². The Morgan fingerprint density at radius 2 is 1.88 bits per heavy atom. The Kier molecular flexibility index (Phi) is 8.12. The first-order valence-electron chi connectivity index (χ1n) is 6.05. The predicted octanol–water partition coefficient (Wildman–Crippen LogP) is 4.04. The van der Waals surface area contributed by atoms with Gasteiger partial charge in [-0.05, 0) is 32.8 Å². The third kappa shape index (κ3) is 11.0. The van der Waals surface area contributed by atoms with Crippen molar-refractivity contribution in [3.63, 3.8) is 0 Å². The van der Waals surface area contributed by atoms with Crippen molar-refractivity contribution in [2.24, 2.45) is 5.92 Å². The molecule has 0 aliphatic rings. The van der Waals surface area contributed by atoms with E-state index in [1.54, 1.807) is 0 Å². The monoisotopic (exact) mass is 236 g/mol. The fraction of sp³-hybridized carbons (Fsp3) is 0.533. The molecule has 0 atom stereocenters. The maximum absolute atomic E-state index is 11.3. The standard InChI is InChI=1S/C15H24O2/c1-12(2)7-6-8-14(5)9-10-17-15(16)11-13(3)4/h6-9,13H,10-11H2,1-5H3. The highest BCUT2D eigenvalue weighted by molar-refractivity contribution is 5.69. The molecule has 0 aliphatic heterocycles. The zero-order valence-corrected chi connectivity index (χ0v) is 11.6. The molecule has 0 aromatic heterocycles. The quantitative estimate of drug-likeness (QED) is 0.514. The lowest BCUT2D eigenvalue weighted by Gasteiger charge is -2.04. The summed E-state index contributed by atoms with van der Waals surface area (Å²) in [6.07, 6.45) is 8.44. The lowest BCUT2D eigenvalue weighted by atomic mass is 10.1. The van der Waals surface area contributed by atoms with Crippen LogP contribution in [0.1, 0.15) is 41.0 Å². The summed E-state index contributed by atoms with van der Waals surface area (Å²) >= 11 is 0. The Morgan fingerprint density at radius 3 is 2.41 bits per heavy atom. The van der Waals surface area contributed by atoms with Gasteiger partial charge in [0.1, 0.15) is 6.61 Å². The summed E-state index contributed by atoms with van der Waals surface area (Å²) in [6.45, 7) is 10.5. The molecular formula is C15H24O2. The summed E-state index contributed by atoms with van der Waals surface area (Å²) < 4.78 is 5.09. The lowest BCUT2D eigenvalue weighted by Crippen LogP contribution is -2.07. The SMILES string of the molecule is CC(C)=CC=CC(C)=CCOC(=O)CC(C)C. The fourth-order valence-electron chi connectivity index (χ4n) is 1.12. The molecular weight excluding hydrogens is 212 g/mol. The van der Waals surface area contributed by atoms with Crippen LogP contribution in [-0.2, 0) is 9.53 Å². The average Bonchev–Trinajstić information content (AvgIpc) is 2.15. The van der Waals surface area contributed by atoms with Gasteiger partial charge >= 0.3 is 5.97 Å². The van der Waals surface area contributed by atoms with Crippen LogP contribution in [0.3, 0.4) is 0 Å². The molecule has 0 bridgehead atoms. The van der Waals surface area contributed by atoms with Crippen molar-refractivity contribution in [1.29, 1.82) is 0 Å². The van der Waals surface area contributed by atoms with Gasteiger partial charge in [0.2, 0.25) is 0 Å². The first-order valence-corrected chi connectivity index (χ1v) is 6.05. The Balaban J connectivity index is 3.96. The highest BCUT2D eigenvalue weighted by Crippen LogP contribution is 2.02. The van der Waals surface area contributed by atoms with E-state index in [1.165, 1.54) is 5.57 Å². The lowest BCUT2D eigenvalue weighted by molar-refractivity contribution is -0.143. The molecule has 0 aromatic carbocycles. The molecule has 0 saturated carbocycles. The van der Waals surface area contributed by atoms with E-state index in [0.29, 0.717) is 18.9 Å². The number of carbonyl (C=O) groups is 1. The van der Waals surface area contributed by atoms with Crippen LogP contribution in [-0.4, -0.2) is 12.6 Å². The van der Waals surface area contributed by atoms with E-state index in [9.17, 15) is 4.79 Å². The van der Waals surface area contributed by atoms with Gasteiger partial charge in [-0.15, -0.1) is 0 Å². The van der Waals surface area contributed by atoms with Gasteiger partial charge in [-0.25, -0.2) is 0 Å². The molecule has 2 heteroatoms. The molecule has 2 nitrogen and oxygen atoms in total. The minimum Gasteiger partial charge on any atom is -0.461 e. The van der Waals surface area contributed by atoms with Crippen LogP contribution in [0.5, 0.6) is 0 Å². The van der Waals surface area contributed by atoms with Crippen molar-refractivity contribution in [3.05, 3.63) is 35.5 Å². The summed E-state index contributed by atoms with van der Waals surface area (Å²) in [5, 5.41) is 0. The zero-order valence-electron chi connectivity index (χ0n) is 11.6. The van der Waals surface area contributed by atoms with Crippen molar-refractivity contribution in [1.82, 2.24) is 0 Å². The zero-order chi connectivity index (χ0) is 13.3. The van der Waals surface area contributed by atoms with Crippen molar-refractivity contribution < 1.29 is 9.53 Å².